The van der Waals surface area contributed by atoms with Crippen LogP contribution in [-0.4, -0.2) is 29.2 Å². The van der Waals surface area contributed by atoms with E-state index in [1.54, 1.807) is 24.3 Å². The van der Waals surface area contributed by atoms with E-state index in [1.807, 2.05) is 0 Å². The number of likely N-dealkylation sites (tertiary alicyclic amines) is 1. The fourth-order valence-corrected chi connectivity index (χ4v) is 3.53. The number of amides is 3. The van der Waals surface area contributed by atoms with Gasteiger partial charge in [-0.1, -0.05) is 25.0 Å². The van der Waals surface area contributed by atoms with Crippen LogP contribution < -0.4 is 5.32 Å². The van der Waals surface area contributed by atoms with E-state index in [1.165, 1.54) is 0 Å². The summed E-state index contributed by atoms with van der Waals surface area (Å²) < 4.78 is 0. The fraction of sp³-hybridized carbons (Fsp3) is 0.444. The lowest BCUT2D eigenvalue weighted by Crippen LogP contribution is -2.38. The number of hydrogen-bond acceptors (Lipinski definition) is 4. The predicted octanol–water partition coefficient (Wildman–Crippen LogP) is 1.87. The minimum Gasteiger partial charge on any atom is -0.325 e. The Balaban J connectivity index is 1.61. The Labute approximate surface area is 140 Å². The van der Waals surface area contributed by atoms with Gasteiger partial charge in [0.1, 0.15) is 6.54 Å². The number of carbonyl (C=O) groups excluding carboxylic acids is 3. The average molecular weight is 325 g/mol. The molecule has 0 bridgehead atoms. The molecule has 0 spiro atoms. The highest BCUT2D eigenvalue weighted by molar-refractivity contribution is 6.08. The number of nitrogens with zero attached hydrogens (tertiary/aromatic N) is 2. The zero-order valence-corrected chi connectivity index (χ0v) is 13.3. The number of benzene rings is 1. The first kappa shape index (κ1) is 16.2. The van der Waals surface area contributed by atoms with Gasteiger partial charge in [-0.25, -0.2) is 0 Å². The highest BCUT2D eigenvalue weighted by Gasteiger charge is 2.48. The Morgan fingerprint density at radius 1 is 1.12 bits per heavy atom. The number of imide groups is 1. The topological polar surface area (TPSA) is 90.3 Å². The van der Waals surface area contributed by atoms with Crippen molar-refractivity contribution in [2.24, 2.45) is 11.8 Å². The van der Waals surface area contributed by atoms with Gasteiger partial charge in [-0.2, -0.15) is 5.26 Å². The molecule has 2 fully saturated rings. The third-order valence-electron chi connectivity index (χ3n) is 4.76. The van der Waals surface area contributed by atoms with Crippen molar-refractivity contribution in [2.45, 2.75) is 32.1 Å². The predicted molar refractivity (Wildman–Crippen MR) is 86.6 cm³/mol. The minimum atomic E-state index is -0.386. The SMILES string of the molecule is N#CCc1ccc(NC(=O)CN2C(=O)C3CCCCC3C2=O)cc1. The van der Waals surface area contributed by atoms with Crippen LogP contribution in [0.15, 0.2) is 24.3 Å². The Morgan fingerprint density at radius 2 is 1.71 bits per heavy atom. The van der Waals surface area contributed by atoms with Gasteiger partial charge >= 0.3 is 0 Å². The maximum absolute atomic E-state index is 12.3. The van der Waals surface area contributed by atoms with Gasteiger partial charge in [-0.15, -0.1) is 0 Å². The van der Waals surface area contributed by atoms with Crippen molar-refractivity contribution in [2.75, 3.05) is 11.9 Å². The van der Waals surface area contributed by atoms with Crippen LogP contribution >= 0.6 is 0 Å². The first-order valence-corrected chi connectivity index (χ1v) is 8.21. The van der Waals surface area contributed by atoms with Crippen LogP contribution in [0.3, 0.4) is 0 Å². The summed E-state index contributed by atoms with van der Waals surface area (Å²) in [7, 11) is 0. The van der Waals surface area contributed by atoms with Crippen molar-refractivity contribution in [1.82, 2.24) is 4.90 Å². The average Bonchev–Trinajstić information content (AvgIpc) is 2.82. The summed E-state index contributed by atoms with van der Waals surface area (Å²) in [6.45, 7) is -0.232. The monoisotopic (exact) mass is 325 g/mol. The second-order valence-electron chi connectivity index (χ2n) is 6.34. The Bertz CT molecular complexity index is 681. The molecule has 0 aromatic heterocycles. The molecule has 1 saturated carbocycles. The number of carbonyl (C=O) groups is 3. The molecule has 0 radical (unpaired) electrons. The largest absolute Gasteiger partial charge is 0.325 e. The van der Waals surface area contributed by atoms with Crippen LogP contribution in [-0.2, 0) is 20.8 Å². The van der Waals surface area contributed by atoms with E-state index in [-0.39, 0.29) is 36.1 Å². The Kier molecular flexibility index (Phi) is 4.61. The van der Waals surface area contributed by atoms with E-state index in [0.29, 0.717) is 12.1 Å². The van der Waals surface area contributed by atoms with Gasteiger partial charge in [0.15, 0.2) is 0 Å². The molecule has 24 heavy (non-hydrogen) atoms. The summed E-state index contributed by atoms with van der Waals surface area (Å²) in [5.74, 6) is -1.26. The number of fused-ring (bicyclic) bond motifs is 1. The van der Waals surface area contributed by atoms with E-state index in [0.717, 1.165) is 36.1 Å². The Hall–Kier alpha value is -2.68. The smallest absolute Gasteiger partial charge is 0.244 e. The maximum Gasteiger partial charge on any atom is 0.244 e. The number of hydrogen-bond donors (Lipinski definition) is 1. The molecule has 2 unspecified atom stereocenters. The van der Waals surface area contributed by atoms with Gasteiger partial charge in [-0.05, 0) is 30.5 Å². The highest BCUT2D eigenvalue weighted by Crippen LogP contribution is 2.37. The summed E-state index contributed by atoms with van der Waals surface area (Å²) in [6, 6.07) is 9.00. The standard InChI is InChI=1S/C18H19N3O3/c19-10-9-12-5-7-13(8-6-12)20-16(22)11-21-17(23)14-3-1-2-4-15(14)18(21)24/h5-8,14-15H,1-4,9,11H2,(H,20,22). The van der Waals surface area contributed by atoms with Gasteiger partial charge in [0.25, 0.3) is 0 Å². The van der Waals surface area contributed by atoms with E-state index in [2.05, 4.69) is 11.4 Å². The molecule has 1 heterocycles. The molecule has 124 valence electrons. The lowest BCUT2D eigenvalue weighted by molar-refractivity contribution is -0.142. The molecular weight excluding hydrogens is 306 g/mol. The molecule has 6 nitrogen and oxygen atoms in total. The fourth-order valence-electron chi connectivity index (χ4n) is 3.53. The molecule has 1 saturated heterocycles. The van der Waals surface area contributed by atoms with Gasteiger partial charge < -0.3 is 5.32 Å². The summed E-state index contributed by atoms with van der Waals surface area (Å²) in [5, 5.41) is 11.3. The van der Waals surface area contributed by atoms with E-state index < -0.39 is 0 Å². The van der Waals surface area contributed by atoms with Crippen LogP contribution in [0.5, 0.6) is 0 Å². The molecule has 2 aliphatic rings. The quantitative estimate of drug-likeness (QED) is 0.856. The van der Waals surface area contributed by atoms with Gasteiger partial charge in [-0.3, -0.25) is 19.3 Å². The molecular formula is C18H19N3O3. The van der Waals surface area contributed by atoms with Gasteiger partial charge in [0, 0.05) is 5.69 Å². The molecule has 3 amide bonds. The zero-order chi connectivity index (χ0) is 17.1. The molecule has 6 heteroatoms. The van der Waals surface area contributed by atoms with Crippen LogP contribution in [0.2, 0.25) is 0 Å². The zero-order valence-electron chi connectivity index (χ0n) is 13.3. The van der Waals surface area contributed by atoms with Crippen molar-refractivity contribution < 1.29 is 14.4 Å². The number of rotatable bonds is 4. The summed E-state index contributed by atoms with van der Waals surface area (Å²) in [6.07, 6.45) is 3.74. The molecule has 1 aromatic carbocycles. The molecule has 1 aliphatic heterocycles. The number of anilines is 1. The van der Waals surface area contributed by atoms with Crippen LogP contribution in [0.25, 0.3) is 0 Å². The number of nitrogens with one attached hydrogen (secondary N) is 1. The van der Waals surface area contributed by atoms with Crippen LogP contribution in [0.1, 0.15) is 31.2 Å². The van der Waals surface area contributed by atoms with Crippen LogP contribution in [0.4, 0.5) is 5.69 Å². The van der Waals surface area contributed by atoms with Crippen molar-refractivity contribution in [3.05, 3.63) is 29.8 Å². The third-order valence-corrected chi connectivity index (χ3v) is 4.76. The first-order valence-electron chi connectivity index (χ1n) is 8.21. The lowest BCUT2D eigenvalue weighted by atomic mass is 9.81. The summed E-state index contributed by atoms with van der Waals surface area (Å²) in [4.78, 5) is 38.0. The van der Waals surface area contributed by atoms with E-state index in [9.17, 15) is 14.4 Å². The van der Waals surface area contributed by atoms with E-state index in [4.69, 9.17) is 5.26 Å². The van der Waals surface area contributed by atoms with Crippen LogP contribution in [0, 0.1) is 23.2 Å². The lowest BCUT2D eigenvalue weighted by Gasteiger charge is -2.19. The molecule has 3 rings (SSSR count). The maximum atomic E-state index is 12.3. The minimum absolute atomic E-state index is 0.204. The summed E-state index contributed by atoms with van der Waals surface area (Å²) in [5.41, 5.74) is 1.45. The number of nitriles is 1. The van der Waals surface area contributed by atoms with Crippen molar-refractivity contribution >= 4 is 23.4 Å². The van der Waals surface area contributed by atoms with Crippen molar-refractivity contribution in [3.63, 3.8) is 0 Å². The van der Waals surface area contributed by atoms with Crippen molar-refractivity contribution in [3.8, 4) is 6.07 Å². The first-order chi connectivity index (χ1) is 11.6. The normalized spacial score (nSPS) is 22.9. The summed E-state index contributed by atoms with van der Waals surface area (Å²) >= 11 is 0. The van der Waals surface area contributed by atoms with Crippen molar-refractivity contribution in [1.29, 1.82) is 5.26 Å². The molecule has 1 aromatic rings. The molecule has 1 aliphatic carbocycles. The van der Waals surface area contributed by atoms with Gasteiger partial charge in [0.2, 0.25) is 17.7 Å². The molecule has 1 N–H and O–H groups in total. The highest BCUT2D eigenvalue weighted by atomic mass is 16.2. The molecule has 2 atom stereocenters. The second kappa shape index (κ2) is 6.83. The van der Waals surface area contributed by atoms with Gasteiger partial charge in [0.05, 0.1) is 24.3 Å². The van der Waals surface area contributed by atoms with E-state index >= 15 is 0 Å². The third kappa shape index (κ3) is 3.16. The second-order valence-corrected chi connectivity index (χ2v) is 6.34. The Morgan fingerprint density at radius 3 is 2.25 bits per heavy atom.